The molecule has 1 aliphatic heterocycles. The van der Waals surface area contributed by atoms with Gasteiger partial charge in [0, 0.05) is 55.6 Å². The van der Waals surface area contributed by atoms with Crippen LogP contribution >= 0.6 is 23.2 Å². The minimum atomic E-state index is -3.86. The Labute approximate surface area is 232 Å². The third-order valence-corrected chi connectivity index (χ3v) is 8.69. The molecule has 7 nitrogen and oxygen atoms in total. The van der Waals surface area contributed by atoms with E-state index in [1.807, 2.05) is 29.2 Å². The Bertz CT molecular complexity index is 1570. The summed E-state index contributed by atoms with van der Waals surface area (Å²) >= 11 is 12.2. The number of nitrogens with one attached hydrogen (secondary N) is 1. The largest absolute Gasteiger partial charge is 0.337 e. The number of aromatic nitrogens is 1. The second kappa shape index (κ2) is 11.3. The Balaban J connectivity index is 1.23. The highest BCUT2D eigenvalue weighted by Crippen LogP contribution is 2.25. The number of fused-ring (bicyclic) bond motifs is 1. The van der Waals surface area contributed by atoms with E-state index in [1.54, 1.807) is 48.7 Å². The normalized spacial score (nSPS) is 14.8. The Morgan fingerprint density at radius 3 is 2.47 bits per heavy atom. The van der Waals surface area contributed by atoms with Gasteiger partial charge in [0.05, 0.1) is 15.6 Å². The predicted octanol–water partition coefficient (Wildman–Crippen LogP) is 5.69. The van der Waals surface area contributed by atoms with Crippen molar-refractivity contribution in [2.24, 2.45) is 0 Å². The summed E-state index contributed by atoms with van der Waals surface area (Å²) in [6.07, 6.45) is 2.42. The van der Waals surface area contributed by atoms with Crippen molar-refractivity contribution in [3.63, 3.8) is 0 Å². The molecule has 10 heteroatoms. The van der Waals surface area contributed by atoms with Gasteiger partial charge in [-0.3, -0.25) is 19.4 Å². The smallest absolute Gasteiger partial charge is 0.264 e. The lowest BCUT2D eigenvalue weighted by atomic mass is 10.2. The second-order valence-corrected chi connectivity index (χ2v) is 11.6. The molecule has 0 atom stereocenters. The van der Waals surface area contributed by atoms with Crippen molar-refractivity contribution in [2.75, 3.05) is 30.9 Å². The van der Waals surface area contributed by atoms with Gasteiger partial charge in [-0.15, -0.1) is 0 Å². The zero-order valence-corrected chi connectivity index (χ0v) is 22.8. The number of pyridine rings is 1. The highest BCUT2D eigenvalue weighted by atomic mass is 35.5. The van der Waals surface area contributed by atoms with Crippen molar-refractivity contribution in [3.8, 4) is 0 Å². The number of anilines is 1. The molecule has 0 aliphatic carbocycles. The lowest BCUT2D eigenvalue weighted by Gasteiger charge is -2.22. The van der Waals surface area contributed by atoms with Gasteiger partial charge in [0.1, 0.15) is 4.90 Å². The van der Waals surface area contributed by atoms with Gasteiger partial charge >= 0.3 is 0 Å². The number of hydrogen-bond acceptors (Lipinski definition) is 5. The maximum Gasteiger partial charge on any atom is 0.264 e. The fourth-order valence-corrected chi connectivity index (χ4v) is 6.15. The zero-order valence-electron chi connectivity index (χ0n) is 20.5. The summed E-state index contributed by atoms with van der Waals surface area (Å²) in [4.78, 5) is 21.7. The SMILES string of the molecule is O=C(c1ccc(NS(=O)(=O)c2cccc3cccnc23)cc1)N1CCCN(Cc2ccc(Cl)c(Cl)c2)CC1. The third kappa shape index (κ3) is 5.94. The molecule has 196 valence electrons. The van der Waals surface area contributed by atoms with E-state index in [2.05, 4.69) is 14.6 Å². The molecule has 0 unspecified atom stereocenters. The summed E-state index contributed by atoms with van der Waals surface area (Å²) in [6.45, 7) is 3.60. The van der Waals surface area contributed by atoms with Gasteiger partial charge in [-0.05, 0) is 60.5 Å². The van der Waals surface area contributed by atoms with Crippen LogP contribution in [0.1, 0.15) is 22.3 Å². The zero-order chi connectivity index (χ0) is 26.7. The van der Waals surface area contributed by atoms with Gasteiger partial charge in [-0.1, -0.05) is 47.5 Å². The molecule has 5 rings (SSSR count). The van der Waals surface area contributed by atoms with Crippen molar-refractivity contribution in [1.29, 1.82) is 0 Å². The van der Waals surface area contributed by atoms with Crippen LogP contribution in [0.2, 0.25) is 10.0 Å². The first-order valence-electron chi connectivity index (χ1n) is 12.2. The van der Waals surface area contributed by atoms with Gasteiger partial charge in [0.15, 0.2) is 0 Å². The molecule has 0 bridgehead atoms. The summed E-state index contributed by atoms with van der Waals surface area (Å²) in [7, 11) is -3.86. The Morgan fingerprint density at radius 1 is 0.895 bits per heavy atom. The van der Waals surface area contributed by atoms with Gasteiger partial charge in [-0.25, -0.2) is 8.42 Å². The summed E-state index contributed by atoms with van der Waals surface area (Å²) in [5.41, 5.74) is 2.37. The maximum absolute atomic E-state index is 13.2. The molecule has 1 fully saturated rings. The molecule has 0 spiro atoms. The molecule has 2 heterocycles. The summed E-state index contributed by atoms with van der Waals surface area (Å²) in [6, 6.07) is 20.8. The average molecular weight is 570 g/mol. The van der Waals surface area contributed by atoms with Gasteiger partial charge < -0.3 is 4.90 Å². The number of carbonyl (C=O) groups is 1. The molecular formula is C28H26Cl2N4O3S. The van der Waals surface area contributed by atoms with Crippen LogP contribution in [0.15, 0.2) is 83.9 Å². The van der Waals surface area contributed by atoms with E-state index in [-0.39, 0.29) is 10.8 Å². The van der Waals surface area contributed by atoms with Crippen molar-refractivity contribution in [3.05, 3.63) is 100 Å². The molecular weight excluding hydrogens is 543 g/mol. The van der Waals surface area contributed by atoms with Crippen molar-refractivity contribution in [1.82, 2.24) is 14.8 Å². The first-order chi connectivity index (χ1) is 18.3. The lowest BCUT2D eigenvalue weighted by Crippen LogP contribution is -2.35. The van der Waals surface area contributed by atoms with Crippen LogP contribution in [0.5, 0.6) is 0 Å². The molecule has 1 saturated heterocycles. The van der Waals surface area contributed by atoms with E-state index in [4.69, 9.17) is 23.2 Å². The van der Waals surface area contributed by atoms with Gasteiger partial charge in [0.25, 0.3) is 15.9 Å². The van der Waals surface area contributed by atoms with E-state index >= 15 is 0 Å². The minimum absolute atomic E-state index is 0.0750. The molecule has 38 heavy (non-hydrogen) atoms. The average Bonchev–Trinajstić information content (AvgIpc) is 3.16. The Kier molecular flexibility index (Phi) is 7.85. The van der Waals surface area contributed by atoms with E-state index < -0.39 is 10.0 Å². The topological polar surface area (TPSA) is 82.6 Å². The highest BCUT2D eigenvalue weighted by Gasteiger charge is 2.22. The summed E-state index contributed by atoms with van der Waals surface area (Å²) in [5.74, 6) is -0.0750. The molecule has 3 aromatic carbocycles. The van der Waals surface area contributed by atoms with Gasteiger partial charge in [0.2, 0.25) is 0 Å². The van der Waals surface area contributed by atoms with Crippen LogP contribution in [-0.4, -0.2) is 55.3 Å². The van der Waals surface area contributed by atoms with E-state index in [1.165, 1.54) is 6.07 Å². The van der Waals surface area contributed by atoms with Crippen LogP contribution in [0.25, 0.3) is 10.9 Å². The summed E-state index contributed by atoms with van der Waals surface area (Å²) in [5, 5.41) is 1.81. The van der Waals surface area contributed by atoms with Crippen molar-refractivity contribution in [2.45, 2.75) is 17.9 Å². The number of nitrogens with zero attached hydrogens (tertiary/aromatic N) is 3. The van der Waals surface area contributed by atoms with Crippen LogP contribution in [-0.2, 0) is 16.6 Å². The molecule has 0 radical (unpaired) electrons. The Hall–Kier alpha value is -3.17. The van der Waals surface area contributed by atoms with Crippen LogP contribution in [0.3, 0.4) is 0 Å². The number of para-hydroxylation sites is 1. The van der Waals surface area contributed by atoms with Crippen LogP contribution in [0.4, 0.5) is 5.69 Å². The fourth-order valence-electron chi connectivity index (χ4n) is 4.59. The minimum Gasteiger partial charge on any atom is -0.337 e. The van der Waals surface area contributed by atoms with Crippen LogP contribution < -0.4 is 4.72 Å². The maximum atomic E-state index is 13.2. The van der Waals surface area contributed by atoms with Crippen molar-refractivity contribution < 1.29 is 13.2 Å². The second-order valence-electron chi connectivity index (χ2n) is 9.18. The third-order valence-electron chi connectivity index (χ3n) is 6.54. The first kappa shape index (κ1) is 26.4. The molecule has 4 aromatic rings. The monoisotopic (exact) mass is 568 g/mol. The number of rotatable bonds is 6. The number of amides is 1. The van der Waals surface area contributed by atoms with E-state index in [9.17, 15) is 13.2 Å². The van der Waals surface area contributed by atoms with Crippen LogP contribution in [0, 0.1) is 0 Å². The molecule has 0 saturated carbocycles. The molecule has 1 N–H and O–H groups in total. The van der Waals surface area contributed by atoms with Crippen molar-refractivity contribution >= 4 is 55.7 Å². The quantitative estimate of drug-likeness (QED) is 0.323. The first-order valence-corrected chi connectivity index (χ1v) is 14.5. The number of benzene rings is 3. The number of halogens is 2. The predicted molar refractivity (Wildman–Crippen MR) is 151 cm³/mol. The highest BCUT2D eigenvalue weighted by molar-refractivity contribution is 7.93. The molecule has 1 aliphatic rings. The summed E-state index contributed by atoms with van der Waals surface area (Å²) < 4.78 is 28.7. The fraction of sp³-hybridized carbons (Fsp3) is 0.214. The van der Waals surface area contributed by atoms with E-state index in [0.717, 1.165) is 37.0 Å². The van der Waals surface area contributed by atoms with Gasteiger partial charge in [-0.2, -0.15) is 0 Å². The Morgan fingerprint density at radius 2 is 1.68 bits per heavy atom. The standard InChI is InChI=1S/C28H26Cl2N4O3S/c29-24-12-7-20(18-25(24)30)19-33-14-3-15-34(17-16-33)28(35)22-8-10-23(11-9-22)32-38(36,37)26-6-1-4-21-5-2-13-31-27(21)26/h1-2,4-13,18,32H,3,14-17,19H2. The number of sulfonamides is 1. The number of hydrogen-bond donors (Lipinski definition) is 1. The molecule has 1 aromatic heterocycles. The molecule has 1 amide bonds. The number of carbonyl (C=O) groups excluding carboxylic acids is 1. The van der Waals surface area contributed by atoms with E-state index in [0.29, 0.717) is 39.9 Å². The lowest BCUT2D eigenvalue weighted by molar-refractivity contribution is 0.0761.